The van der Waals surface area contributed by atoms with E-state index in [0.717, 1.165) is 37.7 Å². The third-order valence-corrected chi connectivity index (χ3v) is 6.26. The van der Waals surface area contributed by atoms with Crippen molar-refractivity contribution in [2.75, 3.05) is 36.4 Å². The molecule has 0 bridgehead atoms. The van der Waals surface area contributed by atoms with Crippen molar-refractivity contribution in [2.24, 2.45) is 0 Å². The van der Waals surface area contributed by atoms with E-state index in [0.29, 0.717) is 6.42 Å². The standard InChI is InChI=1S/C24H32N4O/c29-24(9-3-5-20-6-4-14-25-19-20)26-21-10-12-23(13-11-21)28-17-15-27(16-18-28)22-7-1-2-8-22/h4,6,10-14,19,22H,1-3,5,7-9,15-18H2,(H,26,29). The van der Waals surface area contributed by atoms with Gasteiger partial charge in [0.2, 0.25) is 5.91 Å². The fourth-order valence-corrected chi connectivity index (χ4v) is 4.59. The summed E-state index contributed by atoms with van der Waals surface area (Å²) in [7, 11) is 0. The summed E-state index contributed by atoms with van der Waals surface area (Å²) in [6, 6.07) is 13.1. The molecule has 2 fully saturated rings. The summed E-state index contributed by atoms with van der Waals surface area (Å²) < 4.78 is 0. The van der Waals surface area contributed by atoms with Gasteiger partial charge >= 0.3 is 0 Å². The molecule has 2 aromatic rings. The molecule has 0 radical (unpaired) electrons. The van der Waals surface area contributed by atoms with Gasteiger partial charge in [0.15, 0.2) is 0 Å². The van der Waals surface area contributed by atoms with Crippen LogP contribution in [-0.4, -0.2) is 48.0 Å². The summed E-state index contributed by atoms with van der Waals surface area (Å²) in [6.07, 6.45) is 11.5. The highest BCUT2D eigenvalue weighted by atomic mass is 16.1. The van der Waals surface area contributed by atoms with Crippen LogP contribution >= 0.6 is 0 Å². The summed E-state index contributed by atoms with van der Waals surface area (Å²) in [5.41, 5.74) is 3.31. The summed E-state index contributed by atoms with van der Waals surface area (Å²) in [6.45, 7) is 4.52. The summed E-state index contributed by atoms with van der Waals surface area (Å²) in [5.74, 6) is 0.0758. The van der Waals surface area contributed by atoms with Crippen LogP contribution in [0, 0.1) is 0 Å². The van der Waals surface area contributed by atoms with E-state index in [-0.39, 0.29) is 5.91 Å². The number of hydrogen-bond donors (Lipinski definition) is 1. The molecule has 0 atom stereocenters. The molecule has 1 N–H and O–H groups in total. The summed E-state index contributed by atoms with van der Waals surface area (Å²) >= 11 is 0. The zero-order valence-corrected chi connectivity index (χ0v) is 17.2. The molecule has 1 saturated heterocycles. The second-order valence-corrected chi connectivity index (χ2v) is 8.27. The van der Waals surface area contributed by atoms with Crippen molar-refractivity contribution >= 4 is 17.3 Å². The molecule has 5 heteroatoms. The molecule has 4 rings (SSSR count). The van der Waals surface area contributed by atoms with E-state index in [1.54, 1.807) is 6.20 Å². The van der Waals surface area contributed by atoms with Crippen LogP contribution in [0.3, 0.4) is 0 Å². The molecule has 154 valence electrons. The number of carbonyl (C=O) groups is 1. The molecule has 1 aliphatic heterocycles. The van der Waals surface area contributed by atoms with Crippen molar-refractivity contribution in [3.8, 4) is 0 Å². The molecular weight excluding hydrogens is 360 g/mol. The lowest BCUT2D eigenvalue weighted by Crippen LogP contribution is -2.49. The number of aryl methyl sites for hydroxylation is 1. The first-order chi connectivity index (χ1) is 14.3. The predicted molar refractivity (Wildman–Crippen MR) is 118 cm³/mol. The zero-order chi connectivity index (χ0) is 19.9. The topological polar surface area (TPSA) is 48.5 Å². The van der Waals surface area contributed by atoms with Gasteiger partial charge < -0.3 is 10.2 Å². The van der Waals surface area contributed by atoms with Gasteiger partial charge in [-0.2, -0.15) is 0 Å². The predicted octanol–water partition coefficient (Wildman–Crippen LogP) is 4.11. The molecule has 0 unspecified atom stereocenters. The number of piperazine rings is 1. The van der Waals surface area contributed by atoms with E-state index >= 15 is 0 Å². The first-order valence-corrected chi connectivity index (χ1v) is 11.1. The summed E-state index contributed by atoms with van der Waals surface area (Å²) in [4.78, 5) is 21.5. The number of benzene rings is 1. The third kappa shape index (κ3) is 5.57. The van der Waals surface area contributed by atoms with E-state index in [9.17, 15) is 4.79 Å². The minimum absolute atomic E-state index is 0.0758. The summed E-state index contributed by atoms with van der Waals surface area (Å²) in [5, 5.41) is 3.02. The van der Waals surface area contributed by atoms with Crippen LogP contribution in [0.2, 0.25) is 0 Å². The highest BCUT2D eigenvalue weighted by Gasteiger charge is 2.26. The lowest BCUT2D eigenvalue weighted by molar-refractivity contribution is -0.116. The first kappa shape index (κ1) is 19.9. The third-order valence-electron chi connectivity index (χ3n) is 6.26. The largest absolute Gasteiger partial charge is 0.369 e. The Hall–Kier alpha value is -2.40. The number of rotatable bonds is 7. The number of hydrogen-bond acceptors (Lipinski definition) is 4. The molecule has 1 aromatic heterocycles. The lowest BCUT2D eigenvalue weighted by atomic mass is 10.1. The van der Waals surface area contributed by atoms with E-state index in [2.05, 4.69) is 38.3 Å². The van der Waals surface area contributed by atoms with Gasteiger partial charge in [0.1, 0.15) is 0 Å². The molecular formula is C24H32N4O. The van der Waals surface area contributed by atoms with E-state index < -0.39 is 0 Å². The van der Waals surface area contributed by atoms with Gasteiger partial charge in [0.25, 0.3) is 0 Å². The van der Waals surface area contributed by atoms with Crippen LogP contribution in [0.4, 0.5) is 11.4 Å². The Bertz CT molecular complexity index is 763. The highest BCUT2D eigenvalue weighted by Crippen LogP contribution is 2.26. The van der Waals surface area contributed by atoms with Gasteiger partial charge in [-0.3, -0.25) is 14.7 Å². The van der Waals surface area contributed by atoms with E-state index in [1.807, 2.05) is 24.4 Å². The molecule has 5 nitrogen and oxygen atoms in total. The number of amides is 1. The minimum Gasteiger partial charge on any atom is -0.369 e. The van der Waals surface area contributed by atoms with Gasteiger partial charge in [-0.15, -0.1) is 0 Å². The molecule has 1 aliphatic carbocycles. The minimum atomic E-state index is 0.0758. The molecule has 1 aromatic carbocycles. The van der Waals surface area contributed by atoms with Crippen molar-refractivity contribution in [1.82, 2.24) is 9.88 Å². The average molecular weight is 393 g/mol. The number of anilines is 2. The fourth-order valence-electron chi connectivity index (χ4n) is 4.59. The van der Waals surface area contributed by atoms with Gasteiger partial charge in [0, 0.05) is 62.4 Å². The maximum Gasteiger partial charge on any atom is 0.224 e. The average Bonchev–Trinajstić information content (AvgIpc) is 3.30. The Morgan fingerprint density at radius 3 is 2.48 bits per heavy atom. The second-order valence-electron chi connectivity index (χ2n) is 8.27. The maximum absolute atomic E-state index is 12.2. The first-order valence-electron chi connectivity index (χ1n) is 11.1. The molecule has 2 heterocycles. The number of nitrogens with one attached hydrogen (secondary N) is 1. The van der Waals surface area contributed by atoms with Crippen molar-refractivity contribution in [2.45, 2.75) is 51.0 Å². The highest BCUT2D eigenvalue weighted by molar-refractivity contribution is 5.90. The van der Waals surface area contributed by atoms with Gasteiger partial charge in [-0.05, 0) is 61.6 Å². The van der Waals surface area contributed by atoms with Gasteiger partial charge in [-0.25, -0.2) is 0 Å². The van der Waals surface area contributed by atoms with Crippen LogP contribution < -0.4 is 10.2 Å². The SMILES string of the molecule is O=C(CCCc1cccnc1)Nc1ccc(N2CCN(C3CCCC3)CC2)cc1. The van der Waals surface area contributed by atoms with Crippen LogP contribution in [-0.2, 0) is 11.2 Å². The smallest absolute Gasteiger partial charge is 0.224 e. The Balaban J connectivity index is 1.20. The number of carbonyl (C=O) groups excluding carboxylic acids is 1. The normalized spacial score (nSPS) is 18.1. The molecule has 2 aliphatic rings. The molecule has 29 heavy (non-hydrogen) atoms. The Labute approximate surface area is 174 Å². The Morgan fingerprint density at radius 1 is 1.03 bits per heavy atom. The monoisotopic (exact) mass is 392 g/mol. The van der Waals surface area contributed by atoms with Gasteiger partial charge in [-0.1, -0.05) is 18.9 Å². The van der Waals surface area contributed by atoms with Crippen molar-refractivity contribution in [3.05, 3.63) is 54.4 Å². The van der Waals surface area contributed by atoms with Crippen LogP contribution in [0.25, 0.3) is 0 Å². The number of nitrogens with zero attached hydrogens (tertiary/aromatic N) is 3. The van der Waals surface area contributed by atoms with E-state index in [4.69, 9.17) is 0 Å². The lowest BCUT2D eigenvalue weighted by Gasteiger charge is -2.39. The number of pyridine rings is 1. The van der Waals surface area contributed by atoms with Crippen LogP contribution in [0.5, 0.6) is 0 Å². The van der Waals surface area contributed by atoms with Crippen molar-refractivity contribution < 1.29 is 4.79 Å². The Morgan fingerprint density at radius 2 is 1.79 bits per heavy atom. The maximum atomic E-state index is 12.2. The molecule has 1 amide bonds. The second kappa shape index (κ2) is 9.88. The fraction of sp³-hybridized carbons (Fsp3) is 0.500. The van der Waals surface area contributed by atoms with Crippen molar-refractivity contribution in [3.63, 3.8) is 0 Å². The van der Waals surface area contributed by atoms with Crippen LogP contribution in [0.1, 0.15) is 44.1 Å². The van der Waals surface area contributed by atoms with Gasteiger partial charge in [0.05, 0.1) is 0 Å². The quantitative estimate of drug-likeness (QED) is 0.770. The van der Waals surface area contributed by atoms with Crippen molar-refractivity contribution in [1.29, 1.82) is 0 Å². The molecule has 1 saturated carbocycles. The number of aromatic nitrogens is 1. The van der Waals surface area contributed by atoms with Crippen LogP contribution in [0.15, 0.2) is 48.8 Å². The molecule has 0 spiro atoms. The Kier molecular flexibility index (Phi) is 6.78. The van der Waals surface area contributed by atoms with E-state index in [1.165, 1.54) is 50.0 Å². The zero-order valence-electron chi connectivity index (χ0n) is 17.2.